The molecule has 8 heteroatoms. The number of rotatable bonds is 11. The van der Waals surface area contributed by atoms with Gasteiger partial charge in [-0.2, -0.15) is 0 Å². The molecule has 4 rings (SSSR count). The second-order valence-corrected chi connectivity index (χ2v) is 9.40. The summed E-state index contributed by atoms with van der Waals surface area (Å²) in [4.78, 5) is 33.3. The fraction of sp³-hybridized carbons (Fsp3) is 0.156. The average Bonchev–Trinajstić information content (AvgIpc) is 2.96. The van der Waals surface area contributed by atoms with Gasteiger partial charge in [-0.1, -0.05) is 84.9 Å². The van der Waals surface area contributed by atoms with Crippen LogP contribution in [-0.4, -0.2) is 35.8 Å². The Balaban J connectivity index is 1.79. The van der Waals surface area contributed by atoms with E-state index in [1.807, 2.05) is 91.0 Å². The predicted octanol–water partition coefficient (Wildman–Crippen LogP) is 3.86. The largest absolute Gasteiger partial charge is 0.497 e. The number of hydrogen-bond acceptors (Lipinski definition) is 4. The minimum atomic E-state index is -0.945. The Morgan fingerprint density at radius 2 is 1.38 bits per heavy atom. The third kappa shape index (κ3) is 7.05. The van der Waals surface area contributed by atoms with E-state index in [0.29, 0.717) is 11.4 Å². The fourth-order valence-electron chi connectivity index (χ4n) is 4.69. The van der Waals surface area contributed by atoms with E-state index in [1.54, 1.807) is 30.2 Å². The van der Waals surface area contributed by atoms with E-state index in [-0.39, 0.29) is 24.8 Å². The van der Waals surface area contributed by atoms with Crippen LogP contribution in [0.4, 0.5) is 5.69 Å². The predicted molar refractivity (Wildman–Crippen MR) is 157 cm³/mol. The van der Waals surface area contributed by atoms with Crippen LogP contribution in [0.25, 0.3) is 0 Å². The monoisotopic (exact) mass is 535 g/mol. The first-order valence-electron chi connectivity index (χ1n) is 12.9. The van der Waals surface area contributed by atoms with Crippen molar-refractivity contribution in [2.45, 2.75) is 24.9 Å². The Kier molecular flexibility index (Phi) is 9.15. The highest BCUT2D eigenvalue weighted by atomic mass is 16.5. The van der Waals surface area contributed by atoms with Crippen LogP contribution in [0.5, 0.6) is 5.75 Å². The highest BCUT2D eigenvalue weighted by molar-refractivity contribution is 5.92. The maximum absolute atomic E-state index is 14.6. The van der Waals surface area contributed by atoms with Crippen LogP contribution < -0.4 is 21.9 Å². The third-order valence-corrected chi connectivity index (χ3v) is 6.61. The normalized spacial score (nSPS) is 11.4. The van der Waals surface area contributed by atoms with Crippen LogP contribution in [-0.2, 0) is 22.6 Å². The number of benzene rings is 4. The number of ether oxygens (including phenoxy) is 1. The maximum Gasteiger partial charge on any atom is 0.240 e. The molecule has 0 fully saturated rings. The lowest BCUT2D eigenvalue weighted by Crippen LogP contribution is -2.50. The van der Waals surface area contributed by atoms with Gasteiger partial charge in [-0.25, -0.2) is 4.99 Å². The number of aliphatic imine (C=N–C) groups is 1. The second-order valence-electron chi connectivity index (χ2n) is 9.40. The summed E-state index contributed by atoms with van der Waals surface area (Å²) in [5, 5.41) is 0. The molecule has 40 heavy (non-hydrogen) atoms. The number of primary amides is 1. The summed E-state index contributed by atoms with van der Waals surface area (Å²) >= 11 is 0. The quantitative estimate of drug-likeness (QED) is 0.198. The molecule has 0 aliphatic heterocycles. The molecule has 0 heterocycles. The first-order chi connectivity index (χ1) is 19.4. The number of carbonyl (C=O) groups excluding carboxylic acids is 2. The molecule has 0 aliphatic carbocycles. The molecule has 0 bridgehead atoms. The van der Waals surface area contributed by atoms with Gasteiger partial charge in [0.2, 0.25) is 11.8 Å². The summed E-state index contributed by atoms with van der Waals surface area (Å²) in [7, 11) is 1.59. The van der Waals surface area contributed by atoms with E-state index in [0.717, 1.165) is 22.3 Å². The van der Waals surface area contributed by atoms with Gasteiger partial charge in [0.05, 0.1) is 18.7 Å². The zero-order valence-corrected chi connectivity index (χ0v) is 22.3. The van der Waals surface area contributed by atoms with Gasteiger partial charge in [0.15, 0.2) is 5.96 Å². The summed E-state index contributed by atoms with van der Waals surface area (Å²) in [5.41, 5.74) is 20.9. The van der Waals surface area contributed by atoms with Gasteiger partial charge in [-0.05, 0) is 46.5 Å². The van der Waals surface area contributed by atoms with Gasteiger partial charge in [0.1, 0.15) is 11.8 Å². The molecule has 4 aromatic rings. The molecule has 0 radical (unpaired) electrons. The maximum atomic E-state index is 14.6. The van der Waals surface area contributed by atoms with Crippen LogP contribution in [0, 0.1) is 0 Å². The Hall–Kier alpha value is -5.11. The highest BCUT2D eigenvalue weighted by Gasteiger charge is 2.34. The number of nitrogens with two attached hydrogens (primary N) is 3. The number of methoxy groups -OCH3 is 1. The van der Waals surface area contributed by atoms with Crippen molar-refractivity contribution in [2.24, 2.45) is 22.2 Å². The standard InChI is InChI=1S/C32H33N5O3/c1-40-27-17-15-22(16-18-27)21-37(28(30(33)38)20-23-9-8-14-26(19-23)36-32(34)35)31(39)29(24-10-4-2-5-11-24)25-12-6-3-7-13-25/h2-19,28-29H,20-21H2,1H3,(H2,33,38)(H4,34,35,36)/t28-/m1/s1. The van der Waals surface area contributed by atoms with Crippen LogP contribution in [0.3, 0.4) is 0 Å². The van der Waals surface area contributed by atoms with Crippen LogP contribution in [0.2, 0.25) is 0 Å². The van der Waals surface area contributed by atoms with E-state index in [1.165, 1.54) is 0 Å². The number of amides is 2. The number of hydrogen-bond donors (Lipinski definition) is 3. The minimum Gasteiger partial charge on any atom is -0.497 e. The summed E-state index contributed by atoms with van der Waals surface area (Å²) in [5.74, 6) is -0.883. The zero-order valence-electron chi connectivity index (χ0n) is 22.3. The van der Waals surface area contributed by atoms with E-state index < -0.39 is 17.9 Å². The fourth-order valence-corrected chi connectivity index (χ4v) is 4.69. The molecule has 0 aromatic heterocycles. The lowest BCUT2D eigenvalue weighted by molar-refractivity contribution is -0.140. The Morgan fingerprint density at radius 3 is 1.90 bits per heavy atom. The van der Waals surface area contributed by atoms with Crippen molar-refractivity contribution < 1.29 is 14.3 Å². The van der Waals surface area contributed by atoms with Crippen LogP contribution in [0.15, 0.2) is 114 Å². The molecule has 0 unspecified atom stereocenters. The summed E-state index contributed by atoms with van der Waals surface area (Å²) in [6.45, 7) is 0.167. The van der Waals surface area contributed by atoms with E-state index >= 15 is 0 Å². The first-order valence-corrected chi connectivity index (χ1v) is 12.9. The summed E-state index contributed by atoms with van der Waals surface area (Å²) < 4.78 is 5.30. The molecule has 2 amide bonds. The van der Waals surface area contributed by atoms with Gasteiger partial charge >= 0.3 is 0 Å². The van der Waals surface area contributed by atoms with Crippen molar-refractivity contribution in [3.8, 4) is 5.75 Å². The lowest BCUT2D eigenvalue weighted by Gasteiger charge is -2.33. The van der Waals surface area contributed by atoms with Gasteiger partial charge in [0.25, 0.3) is 0 Å². The Bertz CT molecular complexity index is 1410. The highest BCUT2D eigenvalue weighted by Crippen LogP contribution is 2.30. The molecule has 0 saturated heterocycles. The molecule has 6 N–H and O–H groups in total. The van der Waals surface area contributed by atoms with E-state index in [2.05, 4.69) is 4.99 Å². The molecule has 0 spiro atoms. The van der Waals surface area contributed by atoms with Crippen LogP contribution >= 0.6 is 0 Å². The molecule has 204 valence electrons. The molecule has 4 aromatic carbocycles. The summed E-state index contributed by atoms with van der Waals surface area (Å²) in [6.07, 6.45) is 0.182. The topological polar surface area (TPSA) is 137 Å². The number of guanidine groups is 1. The zero-order chi connectivity index (χ0) is 28.5. The van der Waals surface area contributed by atoms with E-state index in [4.69, 9.17) is 21.9 Å². The first kappa shape index (κ1) is 27.9. The molecular weight excluding hydrogens is 502 g/mol. The van der Waals surface area contributed by atoms with Crippen molar-refractivity contribution in [1.29, 1.82) is 0 Å². The van der Waals surface area contributed by atoms with Crippen LogP contribution in [0.1, 0.15) is 28.2 Å². The van der Waals surface area contributed by atoms with Gasteiger partial charge in [-0.15, -0.1) is 0 Å². The van der Waals surface area contributed by atoms with Crippen molar-refractivity contribution >= 4 is 23.5 Å². The smallest absolute Gasteiger partial charge is 0.240 e. The Morgan fingerprint density at radius 1 is 0.775 bits per heavy atom. The molecule has 8 nitrogen and oxygen atoms in total. The molecule has 1 atom stereocenters. The van der Waals surface area contributed by atoms with E-state index in [9.17, 15) is 9.59 Å². The lowest BCUT2D eigenvalue weighted by atomic mass is 9.89. The third-order valence-electron chi connectivity index (χ3n) is 6.61. The van der Waals surface area contributed by atoms with Crippen molar-refractivity contribution in [3.05, 3.63) is 131 Å². The van der Waals surface area contributed by atoms with Gasteiger partial charge in [-0.3, -0.25) is 9.59 Å². The van der Waals surface area contributed by atoms with Gasteiger partial charge < -0.3 is 26.8 Å². The Labute approximate surface area is 234 Å². The van der Waals surface area contributed by atoms with Crippen molar-refractivity contribution in [3.63, 3.8) is 0 Å². The minimum absolute atomic E-state index is 0.0755. The summed E-state index contributed by atoms with van der Waals surface area (Å²) in [6, 6.07) is 32.7. The van der Waals surface area contributed by atoms with Crippen molar-refractivity contribution in [2.75, 3.05) is 7.11 Å². The second kappa shape index (κ2) is 13.1. The molecular formula is C32H33N5O3. The SMILES string of the molecule is COc1ccc(CN(C(=O)C(c2ccccc2)c2ccccc2)[C@H](Cc2cccc(N=C(N)N)c2)C(N)=O)cc1. The number of nitrogens with zero attached hydrogens (tertiary/aromatic N) is 2. The average molecular weight is 536 g/mol. The van der Waals surface area contributed by atoms with Crippen molar-refractivity contribution in [1.82, 2.24) is 4.90 Å². The number of carbonyl (C=O) groups is 2. The van der Waals surface area contributed by atoms with Gasteiger partial charge in [0, 0.05) is 13.0 Å². The molecule has 0 aliphatic rings. The molecule has 0 saturated carbocycles.